The largest absolute Gasteiger partial charge is 0.459 e. The van der Waals surface area contributed by atoms with Gasteiger partial charge in [0.2, 0.25) is 5.91 Å². The normalized spacial score (nSPS) is 11.1. The zero-order valence-corrected chi connectivity index (χ0v) is 20.2. The second-order valence-corrected chi connectivity index (χ2v) is 9.00. The summed E-state index contributed by atoms with van der Waals surface area (Å²) in [7, 11) is 0. The van der Waals surface area contributed by atoms with E-state index in [4.69, 9.17) is 4.74 Å². The molecule has 2 amide bonds. The molecular formula is C27H25F3N2O4. The number of nitrogens with one attached hydrogen (secondary N) is 1. The van der Waals surface area contributed by atoms with Crippen LogP contribution in [0.15, 0.2) is 60.7 Å². The molecule has 36 heavy (non-hydrogen) atoms. The molecule has 0 unspecified atom stereocenters. The molecular weight excluding hydrogens is 473 g/mol. The van der Waals surface area contributed by atoms with Gasteiger partial charge in [-0.15, -0.1) is 0 Å². The lowest BCUT2D eigenvalue weighted by atomic mass is 10.0. The summed E-state index contributed by atoms with van der Waals surface area (Å²) in [6.07, 6.45) is 0. The van der Waals surface area contributed by atoms with Gasteiger partial charge in [0, 0.05) is 12.6 Å². The molecule has 188 valence electrons. The Morgan fingerprint density at radius 2 is 1.47 bits per heavy atom. The molecule has 1 N–H and O–H groups in total. The number of nitrogens with zero attached hydrogens (tertiary/aromatic N) is 1. The Morgan fingerprint density at radius 3 is 2.06 bits per heavy atom. The first-order valence-corrected chi connectivity index (χ1v) is 11.0. The number of ether oxygens (including phenoxy) is 1. The Morgan fingerprint density at radius 1 is 0.861 bits per heavy atom. The molecule has 6 nitrogen and oxygen atoms in total. The van der Waals surface area contributed by atoms with Crippen molar-refractivity contribution >= 4 is 29.2 Å². The van der Waals surface area contributed by atoms with E-state index in [1.54, 1.807) is 39.0 Å². The SMILES string of the molecule is CC(=O)Nc1ccc(-c2cccc(N(CC(=O)OC(C)(C)C)C(=O)c3c(F)cccc3F)c2)cc1F. The predicted octanol–water partition coefficient (Wildman–Crippen LogP) is 5.72. The van der Waals surface area contributed by atoms with Crippen LogP contribution in [0.25, 0.3) is 11.1 Å². The van der Waals surface area contributed by atoms with Gasteiger partial charge in [-0.2, -0.15) is 0 Å². The number of hydrogen-bond donors (Lipinski definition) is 1. The summed E-state index contributed by atoms with van der Waals surface area (Å²) in [6, 6.07) is 13.3. The molecule has 0 aromatic heterocycles. The second kappa shape index (κ2) is 10.6. The van der Waals surface area contributed by atoms with Crippen molar-refractivity contribution in [2.45, 2.75) is 33.3 Å². The fraction of sp³-hybridized carbons (Fsp3) is 0.222. The number of esters is 1. The van der Waals surface area contributed by atoms with E-state index in [1.165, 1.54) is 31.2 Å². The van der Waals surface area contributed by atoms with Crippen LogP contribution >= 0.6 is 0 Å². The van der Waals surface area contributed by atoms with E-state index in [0.717, 1.165) is 23.1 Å². The Hall–Kier alpha value is -4.14. The van der Waals surface area contributed by atoms with E-state index in [1.807, 2.05) is 0 Å². The third-order valence-corrected chi connectivity index (χ3v) is 4.90. The highest BCUT2D eigenvalue weighted by atomic mass is 19.1. The first kappa shape index (κ1) is 26.5. The van der Waals surface area contributed by atoms with Crippen LogP contribution in [0.4, 0.5) is 24.5 Å². The summed E-state index contributed by atoms with van der Waals surface area (Å²) >= 11 is 0. The molecule has 0 bridgehead atoms. The van der Waals surface area contributed by atoms with Gasteiger partial charge in [0.25, 0.3) is 5.91 Å². The zero-order chi connectivity index (χ0) is 26.6. The molecule has 0 aliphatic rings. The van der Waals surface area contributed by atoms with Gasteiger partial charge in [-0.25, -0.2) is 13.2 Å². The zero-order valence-electron chi connectivity index (χ0n) is 20.2. The Labute approximate surface area is 206 Å². The van der Waals surface area contributed by atoms with E-state index in [-0.39, 0.29) is 11.4 Å². The number of carbonyl (C=O) groups excluding carboxylic acids is 3. The Kier molecular flexibility index (Phi) is 7.82. The van der Waals surface area contributed by atoms with Crippen LogP contribution in [0.3, 0.4) is 0 Å². The minimum absolute atomic E-state index is 0.000775. The highest BCUT2D eigenvalue weighted by Gasteiger charge is 2.28. The standard InChI is InChI=1S/C27H25F3N2O4/c1-16(33)31-23-12-11-18(14-22(23)30)17-7-5-8-19(13-17)32(15-24(34)36-27(2,3)4)26(35)25-20(28)9-6-10-21(25)29/h5-14H,15H2,1-4H3,(H,31,33). The number of halogens is 3. The molecule has 9 heteroatoms. The summed E-state index contributed by atoms with van der Waals surface area (Å²) in [5.41, 5.74) is -0.681. The van der Waals surface area contributed by atoms with Crippen LogP contribution in [-0.4, -0.2) is 29.9 Å². The van der Waals surface area contributed by atoms with Gasteiger partial charge in [0.15, 0.2) is 0 Å². The first-order chi connectivity index (χ1) is 16.9. The predicted molar refractivity (Wildman–Crippen MR) is 130 cm³/mol. The van der Waals surface area contributed by atoms with Crippen molar-refractivity contribution in [1.82, 2.24) is 0 Å². The number of carbonyl (C=O) groups is 3. The van der Waals surface area contributed by atoms with Gasteiger partial charge >= 0.3 is 5.97 Å². The van der Waals surface area contributed by atoms with Crippen molar-refractivity contribution in [2.75, 3.05) is 16.8 Å². The van der Waals surface area contributed by atoms with Crippen molar-refractivity contribution in [2.24, 2.45) is 0 Å². The molecule has 0 aliphatic carbocycles. The van der Waals surface area contributed by atoms with Crippen LogP contribution in [0, 0.1) is 17.5 Å². The van der Waals surface area contributed by atoms with Gasteiger partial charge < -0.3 is 10.1 Å². The molecule has 0 spiro atoms. The molecule has 0 radical (unpaired) electrons. The van der Waals surface area contributed by atoms with Gasteiger partial charge in [-0.1, -0.05) is 24.3 Å². The summed E-state index contributed by atoms with van der Waals surface area (Å²) in [5, 5.41) is 2.38. The molecule has 0 aliphatic heterocycles. The lowest BCUT2D eigenvalue weighted by Gasteiger charge is -2.26. The topological polar surface area (TPSA) is 75.7 Å². The van der Waals surface area contributed by atoms with Crippen LogP contribution in [-0.2, 0) is 14.3 Å². The number of anilines is 2. The summed E-state index contributed by atoms with van der Waals surface area (Å²) < 4.78 is 48.7. The molecule has 0 heterocycles. The summed E-state index contributed by atoms with van der Waals surface area (Å²) in [6.45, 7) is 5.57. The number of amides is 2. The van der Waals surface area contributed by atoms with Crippen LogP contribution < -0.4 is 10.2 Å². The maximum Gasteiger partial charge on any atom is 0.326 e. The molecule has 3 aromatic rings. The molecule has 3 rings (SSSR count). The number of benzene rings is 3. The van der Waals surface area contributed by atoms with Crippen molar-refractivity contribution in [3.05, 3.63) is 83.7 Å². The van der Waals surface area contributed by atoms with Crippen molar-refractivity contribution in [3.8, 4) is 11.1 Å². The monoisotopic (exact) mass is 498 g/mol. The number of hydrogen-bond acceptors (Lipinski definition) is 4. The fourth-order valence-corrected chi connectivity index (χ4v) is 3.46. The molecule has 3 aromatic carbocycles. The quantitative estimate of drug-likeness (QED) is 0.441. The van der Waals surface area contributed by atoms with E-state index >= 15 is 0 Å². The summed E-state index contributed by atoms with van der Waals surface area (Å²) in [4.78, 5) is 38.0. The minimum atomic E-state index is -1.08. The maximum atomic E-state index is 14.5. The number of rotatable bonds is 6. The molecule has 0 saturated heterocycles. The Bertz CT molecular complexity index is 1300. The fourth-order valence-electron chi connectivity index (χ4n) is 3.46. The molecule has 0 atom stereocenters. The van der Waals surface area contributed by atoms with Gasteiger partial charge in [0.1, 0.15) is 35.2 Å². The van der Waals surface area contributed by atoms with E-state index in [0.29, 0.717) is 11.1 Å². The average Bonchev–Trinajstić information content (AvgIpc) is 2.77. The molecule has 0 saturated carbocycles. The van der Waals surface area contributed by atoms with E-state index in [9.17, 15) is 27.6 Å². The third kappa shape index (κ3) is 6.50. The van der Waals surface area contributed by atoms with Gasteiger partial charge in [0.05, 0.1) is 5.69 Å². The summed E-state index contributed by atoms with van der Waals surface area (Å²) in [5.74, 6) is -5.14. The molecule has 0 fully saturated rings. The Balaban J connectivity index is 2.04. The smallest absolute Gasteiger partial charge is 0.326 e. The highest BCUT2D eigenvalue weighted by Crippen LogP contribution is 2.29. The van der Waals surface area contributed by atoms with Crippen LogP contribution in [0.1, 0.15) is 38.1 Å². The maximum absolute atomic E-state index is 14.5. The van der Waals surface area contributed by atoms with E-state index < -0.39 is 52.9 Å². The van der Waals surface area contributed by atoms with Gasteiger partial charge in [-0.05, 0) is 68.3 Å². The minimum Gasteiger partial charge on any atom is -0.459 e. The highest BCUT2D eigenvalue weighted by molar-refractivity contribution is 6.09. The average molecular weight is 499 g/mol. The van der Waals surface area contributed by atoms with Crippen molar-refractivity contribution in [1.29, 1.82) is 0 Å². The van der Waals surface area contributed by atoms with Crippen molar-refractivity contribution in [3.63, 3.8) is 0 Å². The van der Waals surface area contributed by atoms with Crippen LogP contribution in [0.2, 0.25) is 0 Å². The second-order valence-electron chi connectivity index (χ2n) is 9.00. The van der Waals surface area contributed by atoms with Gasteiger partial charge in [-0.3, -0.25) is 19.3 Å². The lowest BCUT2D eigenvalue weighted by Crippen LogP contribution is -2.39. The first-order valence-electron chi connectivity index (χ1n) is 11.0. The third-order valence-electron chi connectivity index (χ3n) is 4.90. The van der Waals surface area contributed by atoms with Crippen molar-refractivity contribution < 1.29 is 32.3 Å². The van der Waals surface area contributed by atoms with E-state index in [2.05, 4.69) is 5.32 Å². The van der Waals surface area contributed by atoms with Crippen LogP contribution in [0.5, 0.6) is 0 Å². The lowest BCUT2D eigenvalue weighted by molar-refractivity contribution is -0.152.